The lowest BCUT2D eigenvalue weighted by Gasteiger charge is -2.24. The molecule has 0 radical (unpaired) electrons. The highest BCUT2D eigenvalue weighted by molar-refractivity contribution is 5.48. The molecule has 2 heterocycles. The summed E-state index contributed by atoms with van der Waals surface area (Å²) in [6.45, 7) is 7.94. The second-order valence-electron chi connectivity index (χ2n) is 4.66. The lowest BCUT2D eigenvalue weighted by atomic mass is 10.2. The fourth-order valence-corrected chi connectivity index (χ4v) is 2.24. The van der Waals surface area contributed by atoms with Crippen molar-refractivity contribution in [1.29, 1.82) is 0 Å². The molecule has 1 aromatic heterocycles. The predicted molar refractivity (Wildman–Crippen MR) is 67.7 cm³/mol. The van der Waals surface area contributed by atoms with Gasteiger partial charge in [-0.05, 0) is 51.4 Å². The normalized spacial score (nSPS) is 18.6. The molecule has 0 aromatic carbocycles. The highest BCUT2D eigenvalue weighted by Crippen LogP contribution is 2.14. The fraction of sp³-hybridized carbons (Fsp3) is 0.615. The largest absolute Gasteiger partial charge is 0.383 e. The Kier molecular flexibility index (Phi) is 3.78. The standard InChI is InChI=1S/C13H21N3/c1-11-9-14-6-5-13(11)15-10-12(2)16-7-3-4-8-16/h5-6,9,12H,3-4,7-8,10H2,1-2H3,(H,14,15). The van der Waals surface area contributed by atoms with Gasteiger partial charge in [-0.3, -0.25) is 9.88 Å². The molecule has 1 saturated heterocycles. The molecular weight excluding hydrogens is 198 g/mol. The Bertz CT molecular complexity index is 332. The zero-order valence-corrected chi connectivity index (χ0v) is 10.2. The molecule has 1 fully saturated rings. The molecule has 1 unspecified atom stereocenters. The van der Waals surface area contributed by atoms with Crippen LogP contribution < -0.4 is 5.32 Å². The number of nitrogens with zero attached hydrogens (tertiary/aromatic N) is 2. The summed E-state index contributed by atoms with van der Waals surface area (Å²) in [6.07, 6.45) is 6.47. The number of nitrogens with one attached hydrogen (secondary N) is 1. The zero-order chi connectivity index (χ0) is 11.4. The summed E-state index contributed by atoms with van der Waals surface area (Å²) >= 11 is 0. The van der Waals surface area contributed by atoms with Gasteiger partial charge in [-0.15, -0.1) is 0 Å². The van der Waals surface area contributed by atoms with E-state index < -0.39 is 0 Å². The first kappa shape index (κ1) is 11.4. The van der Waals surface area contributed by atoms with Crippen molar-refractivity contribution in [3.63, 3.8) is 0 Å². The minimum Gasteiger partial charge on any atom is -0.383 e. The molecule has 0 saturated carbocycles. The van der Waals surface area contributed by atoms with E-state index >= 15 is 0 Å². The van der Waals surface area contributed by atoms with Gasteiger partial charge in [0.2, 0.25) is 0 Å². The maximum Gasteiger partial charge on any atom is 0.0401 e. The van der Waals surface area contributed by atoms with Crippen molar-refractivity contribution in [3.8, 4) is 0 Å². The molecule has 0 bridgehead atoms. The zero-order valence-electron chi connectivity index (χ0n) is 10.2. The van der Waals surface area contributed by atoms with E-state index in [1.165, 1.54) is 37.2 Å². The number of rotatable bonds is 4. The van der Waals surface area contributed by atoms with E-state index in [-0.39, 0.29) is 0 Å². The molecule has 1 aliphatic heterocycles. The van der Waals surface area contributed by atoms with E-state index in [9.17, 15) is 0 Å². The minimum atomic E-state index is 0.620. The third-order valence-corrected chi connectivity index (χ3v) is 3.37. The number of aryl methyl sites for hydroxylation is 1. The van der Waals surface area contributed by atoms with Gasteiger partial charge in [0, 0.05) is 30.7 Å². The molecule has 3 heteroatoms. The molecule has 1 N–H and O–H groups in total. The summed E-state index contributed by atoms with van der Waals surface area (Å²) in [6, 6.07) is 2.67. The van der Waals surface area contributed by atoms with Gasteiger partial charge in [0.15, 0.2) is 0 Å². The average Bonchev–Trinajstić information content (AvgIpc) is 2.81. The van der Waals surface area contributed by atoms with Gasteiger partial charge in [0.25, 0.3) is 0 Å². The van der Waals surface area contributed by atoms with Crippen molar-refractivity contribution in [2.24, 2.45) is 0 Å². The Balaban J connectivity index is 1.84. The van der Waals surface area contributed by atoms with Gasteiger partial charge in [0.1, 0.15) is 0 Å². The second kappa shape index (κ2) is 5.30. The topological polar surface area (TPSA) is 28.2 Å². The van der Waals surface area contributed by atoms with Crippen LogP contribution in [0.15, 0.2) is 18.5 Å². The predicted octanol–water partition coefficient (Wildman–Crippen LogP) is 2.29. The molecule has 1 aromatic rings. The van der Waals surface area contributed by atoms with Crippen molar-refractivity contribution in [3.05, 3.63) is 24.0 Å². The van der Waals surface area contributed by atoms with Crippen molar-refractivity contribution < 1.29 is 0 Å². The minimum absolute atomic E-state index is 0.620. The van der Waals surface area contributed by atoms with Gasteiger partial charge < -0.3 is 5.32 Å². The number of aromatic nitrogens is 1. The van der Waals surface area contributed by atoms with Crippen molar-refractivity contribution in [1.82, 2.24) is 9.88 Å². The van der Waals surface area contributed by atoms with Crippen LogP contribution in [0.1, 0.15) is 25.3 Å². The first-order chi connectivity index (χ1) is 7.77. The van der Waals surface area contributed by atoms with Crippen LogP contribution in [-0.2, 0) is 0 Å². The smallest absolute Gasteiger partial charge is 0.0401 e. The van der Waals surface area contributed by atoms with Crippen LogP contribution in [0.25, 0.3) is 0 Å². The van der Waals surface area contributed by atoms with Gasteiger partial charge in [-0.2, -0.15) is 0 Å². The summed E-state index contributed by atoms with van der Waals surface area (Å²) in [4.78, 5) is 6.66. The molecule has 2 rings (SSSR count). The molecule has 88 valence electrons. The van der Waals surface area contributed by atoms with E-state index in [0.717, 1.165) is 6.54 Å². The number of hydrogen-bond donors (Lipinski definition) is 1. The fourth-order valence-electron chi connectivity index (χ4n) is 2.24. The average molecular weight is 219 g/mol. The van der Waals surface area contributed by atoms with Crippen LogP contribution in [0.5, 0.6) is 0 Å². The quantitative estimate of drug-likeness (QED) is 0.842. The van der Waals surface area contributed by atoms with Crippen LogP contribution in [0.3, 0.4) is 0 Å². The SMILES string of the molecule is Cc1cnccc1NCC(C)N1CCCC1. The number of anilines is 1. The first-order valence-corrected chi connectivity index (χ1v) is 6.16. The Labute approximate surface area is 97.9 Å². The number of hydrogen-bond acceptors (Lipinski definition) is 3. The number of likely N-dealkylation sites (tertiary alicyclic amines) is 1. The van der Waals surface area contributed by atoms with Crippen LogP contribution in [0, 0.1) is 6.92 Å². The Morgan fingerprint density at radius 2 is 2.19 bits per heavy atom. The van der Waals surface area contributed by atoms with E-state index in [2.05, 4.69) is 29.0 Å². The lowest BCUT2D eigenvalue weighted by molar-refractivity contribution is 0.269. The van der Waals surface area contributed by atoms with Crippen molar-refractivity contribution in [2.45, 2.75) is 32.7 Å². The second-order valence-corrected chi connectivity index (χ2v) is 4.66. The van der Waals surface area contributed by atoms with Crippen molar-refractivity contribution >= 4 is 5.69 Å². The molecule has 0 amide bonds. The molecule has 0 aliphatic carbocycles. The summed E-state index contributed by atoms with van der Waals surface area (Å²) in [5.41, 5.74) is 2.43. The van der Waals surface area contributed by atoms with Gasteiger partial charge >= 0.3 is 0 Å². The van der Waals surface area contributed by atoms with Crippen molar-refractivity contribution in [2.75, 3.05) is 25.0 Å². The van der Waals surface area contributed by atoms with Crippen LogP contribution >= 0.6 is 0 Å². The first-order valence-electron chi connectivity index (χ1n) is 6.16. The maximum atomic E-state index is 4.10. The van der Waals surface area contributed by atoms with Crippen LogP contribution in [0.2, 0.25) is 0 Å². The van der Waals surface area contributed by atoms with E-state index in [0.29, 0.717) is 6.04 Å². The highest BCUT2D eigenvalue weighted by Gasteiger charge is 2.17. The monoisotopic (exact) mass is 219 g/mol. The van der Waals surface area contributed by atoms with Gasteiger partial charge in [0.05, 0.1) is 0 Å². The van der Waals surface area contributed by atoms with Gasteiger partial charge in [-0.1, -0.05) is 0 Å². The molecule has 3 nitrogen and oxygen atoms in total. The third-order valence-electron chi connectivity index (χ3n) is 3.37. The Morgan fingerprint density at radius 3 is 2.88 bits per heavy atom. The van der Waals surface area contributed by atoms with E-state index in [1.54, 1.807) is 0 Å². The summed E-state index contributed by atoms with van der Waals surface area (Å²) in [7, 11) is 0. The van der Waals surface area contributed by atoms with Gasteiger partial charge in [-0.25, -0.2) is 0 Å². The Hall–Kier alpha value is -1.09. The Morgan fingerprint density at radius 1 is 1.44 bits per heavy atom. The molecule has 0 spiro atoms. The van der Waals surface area contributed by atoms with Crippen LogP contribution in [0.4, 0.5) is 5.69 Å². The maximum absolute atomic E-state index is 4.10. The van der Waals surface area contributed by atoms with E-state index in [4.69, 9.17) is 0 Å². The molecule has 1 atom stereocenters. The summed E-state index contributed by atoms with van der Waals surface area (Å²) in [5.74, 6) is 0. The molecule has 1 aliphatic rings. The van der Waals surface area contributed by atoms with E-state index in [1.807, 2.05) is 18.5 Å². The molecule has 16 heavy (non-hydrogen) atoms. The lowest BCUT2D eigenvalue weighted by Crippen LogP contribution is -2.35. The van der Waals surface area contributed by atoms with Crippen LogP contribution in [-0.4, -0.2) is 35.6 Å². The third kappa shape index (κ3) is 2.73. The number of pyridine rings is 1. The summed E-state index contributed by atoms with van der Waals surface area (Å²) in [5, 5.41) is 3.51. The molecular formula is C13H21N3. The highest BCUT2D eigenvalue weighted by atomic mass is 15.2. The summed E-state index contributed by atoms with van der Waals surface area (Å²) < 4.78 is 0.